The molecule has 0 aromatic heterocycles. The fourth-order valence-corrected chi connectivity index (χ4v) is 2.31. The Morgan fingerprint density at radius 2 is 1.52 bits per heavy atom. The summed E-state index contributed by atoms with van der Waals surface area (Å²) < 4.78 is 0. The average Bonchev–Trinajstić information content (AvgIpc) is 2.60. The Kier molecular flexibility index (Phi) is 6.36. The van der Waals surface area contributed by atoms with Gasteiger partial charge in [0.1, 0.15) is 0 Å². The molecule has 2 rings (SSSR count). The topological polar surface area (TPSA) is 58.2 Å². The minimum Gasteiger partial charge on any atom is -0.348 e. The molecule has 2 aromatic carbocycles. The minimum atomic E-state index is -0.596. The highest BCUT2D eigenvalue weighted by Gasteiger charge is 2.16. The minimum absolute atomic E-state index is 0.196. The Labute approximate surface area is 136 Å². The smallest absolute Gasteiger partial charge is 0.309 e. The lowest BCUT2D eigenvalue weighted by atomic mass is 10.1. The number of amides is 2. The highest BCUT2D eigenvalue weighted by molar-refractivity contribution is 6.35. The van der Waals surface area contributed by atoms with E-state index in [1.165, 1.54) is 5.56 Å². The van der Waals surface area contributed by atoms with Crippen LogP contribution in [0.5, 0.6) is 0 Å². The van der Waals surface area contributed by atoms with Crippen LogP contribution in [-0.2, 0) is 16.0 Å². The lowest BCUT2D eigenvalue weighted by Gasteiger charge is -2.14. The molecule has 0 aliphatic carbocycles. The van der Waals surface area contributed by atoms with Crippen LogP contribution < -0.4 is 10.6 Å². The van der Waals surface area contributed by atoms with Crippen LogP contribution in [0.15, 0.2) is 60.7 Å². The monoisotopic (exact) mass is 310 g/mol. The van der Waals surface area contributed by atoms with E-state index in [4.69, 9.17) is 0 Å². The summed E-state index contributed by atoms with van der Waals surface area (Å²) in [7, 11) is 0. The summed E-state index contributed by atoms with van der Waals surface area (Å²) in [4.78, 5) is 23.7. The van der Waals surface area contributed by atoms with Gasteiger partial charge >= 0.3 is 11.8 Å². The third-order valence-electron chi connectivity index (χ3n) is 3.62. The number of hydrogen-bond donors (Lipinski definition) is 2. The standard InChI is InChI=1S/C19H22N2O2/c1-15(17-12-6-3-7-13-17)21-19(23)18(22)20-14-8-11-16-9-4-2-5-10-16/h2-7,9-10,12-13,15H,8,11,14H2,1H3,(H,20,22)(H,21,23)/t15-/m0/s1. The van der Waals surface area contributed by atoms with Crippen LogP contribution in [0.1, 0.15) is 30.5 Å². The molecule has 0 spiro atoms. The molecule has 4 nitrogen and oxygen atoms in total. The van der Waals surface area contributed by atoms with Crippen LogP contribution in [0.3, 0.4) is 0 Å². The van der Waals surface area contributed by atoms with Crippen molar-refractivity contribution in [2.45, 2.75) is 25.8 Å². The second-order valence-electron chi connectivity index (χ2n) is 5.45. The lowest BCUT2D eigenvalue weighted by molar-refractivity contribution is -0.139. The molecule has 0 saturated carbocycles. The number of rotatable bonds is 6. The number of carbonyl (C=O) groups excluding carboxylic acids is 2. The Balaban J connectivity index is 1.70. The van der Waals surface area contributed by atoms with Gasteiger partial charge in [0.05, 0.1) is 6.04 Å². The summed E-state index contributed by atoms with van der Waals surface area (Å²) in [6.07, 6.45) is 1.68. The van der Waals surface area contributed by atoms with Crippen molar-refractivity contribution in [3.8, 4) is 0 Å². The van der Waals surface area contributed by atoms with Crippen LogP contribution >= 0.6 is 0 Å². The molecule has 4 heteroatoms. The van der Waals surface area contributed by atoms with E-state index in [0.717, 1.165) is 18.4 Å². The van der Waals surface area contributed by atoms with Crippen LogP contribution in [0.25, 0.3) is 0 Å². The normalized spacial score (nSPS) is 11.5. The predicted molar refractivity (Wildman–Crippen MR) is 90.8 cm³/mol. The first kappa shape index (κ1) is 16.7. The first-order valence-electron chi connectivity index (χ1n) is 7.84. The Bertz CT molecular complexity index is 626. The molecule has 0 aliphatic rings. The van der Waals surface area contributed by atoms with E-state index in [0.29, 0.717) is 6.54 Å². The van der Waals surface area contributed by atoms with E-state index in [9.17, 15) is 9.59 Å². The van der Waals surface area contributed by atoms with Crippen LogP contribution in [0, 0.1) is 0 Å². The molecule has 0 radical (unpaired) electrons. The Hall–Kier alpha value is -2.62. The first-order valence-corrected chi connectivity index (χ1v) is 7.84. The van der Waals surface area contributed by atoms with Gasteiger partial charge in [-0.3, -0.25) is 9.59 Å². The van der Waals surface area contributed by atoms with Crippen LogP contribution in [-0.4, -0.2) is 18.4 Å². The summed E-state index contributed by atoms with van der Waals surface area (Å²) in [5, 5.41) is 5.36. The molecule has 2 aromatic rings. The molecule has 120 valence electrons. The maximum atomic E-state index is 11.9. The second kappa shape index (κ2) is 8.73. The number of nitrogens with one attached hydrogen (secondary N) is 2. The molecule has 0 unspecified atom stereocenters. The highest BCUT2D eigenvalue weighted by atomic mass is 16.2. The largest absolute Gasteiger partial charge is 0.348 e. The molecule has 0 heterocycles. The summed E-state index contributed by atoms with van der Waals surface area (Å²) in [5.41, 5.74) is 2.20. The zero-order chi connectivity index (χ0) is 16.5. The molecular weight excluding hydrogens is 288 g/mol. The van der Waals surface area contributed by atoms with Crippen molar-refractivity contribution in [1.82, 2.24) is 10.6 Å². The maximum Gasteiger partial charge on any atom is 0.309 e. The van der Waals surface area contributed by atoms with E-state index in [1.54, 1.807) is 0 Å². The van der Waals surface area contributed by atoms with Gasteiger partial charge in [0, 0.05) is 6.54 Å². The van der Waals surface area contributed by atoms with Gasteiger partial charge in [-0.1, -0.05) is 60.7 Å². The summed E-state index contributed by atoms with van der Waals surface area (Å²) in [6, 6.07) is 19.4. The van der Waals surface area contributed by atoms with Gasteiger partial charge in [-0.05, 0) is 30.9 Å². The zero-order valence-electron chi connectivity index (χ0n) is 13.3. The summed E-state index contributed by atoms with van der Waals surface area (Å²) in [5.74, 6) is -1.18. The third kappa shape index (κ3) is 5.58. The van der Waals surface area contributed by atoms with E-state index < -0.39 is 11.8 Å². The van der Waals surface area contributed by atoms with E-state index in [2.05, 4.69) is 22.8 Å². The summed E-state index contributed by atoms with van der Waals surface area (Å²) in [6.45, 7) is 2.34. The molecule has 23 heavy (non-hydrogen) atoms. The Morgan fingerprint density at radius 3 is 2.17 bits per heavy atom. The van der Waals surface area contributed by atoms with Gasteiger partial charge in [0.25, 0.3) is 0 Å². The third-order valence-corrected chi connectivity index (χ3v) is 3.62. The van der Waals surface area contributed by atoms with Crippen molar-refractivity contribution in [3.63, 3.8) is 0 Å². The average molecular weight is 310 g/mol. The van der Waals surface area contributed by atoms with Crippen molar-refractivity contribution in [1.29, 1.82) is 0 Å². The fourth-order valence-electron chi connectivity index (χ4n) is 2.31. The molecule has 1 atom stereocenters. The number of benzene rings is 2. The van der Waals surface area contributed by atoms with Gasteiger partial charge in [0.2, 0.25) is 0 Å². The van der Waals surface area contributed by atoms with E-state index >= 15 is 0 Å². The van der Waals surface area contributed by atoms with Gasteiger partial charge in [0.15, 0.2) is 0 Å². The van der Waals surface area contributed by atoms with E-state index in [1.807, 2.05) is 55.5 Å². The van der Waals surface area contributed by atoms with Crippen molar-refractivity contribution in [2.75, 3.05) is 6.54 Å². The van der Waals surface area contributed by atoms with E-state index in [-0.39, 0.29) is 6.04 Å². The van der Waals surface area contributed by atoms with Gasteiger partial charge in [-0.15, -0.1) is 0 Å². The SMILES string of the molecule is C[C@H](NC(=O)C(=O)NCCCc1ccccc1)c1ccccc1. The molecule has 0 fully saturated rings. The second-order valence-corrected chi connectivity index (χ2v) is 5.45. The lowest BCUT2D eigenvalue weighted by Crippen LogP contribution is -2.41. The first-order chi connectivity index (χ1) is 11.2. The molecule has 0 bridgehead atoms. The molecule has 2 N–H and O–H groups in total. The van der Waals surface area contributed by atoms with Crippen molar-refractivity contribution < 1.29 is 9.59 Å². The van der Waals surface area contributed by atoms with Crippen LogP contribution in [0.4, 0.5) is 0 Å². The maximum absolute atomic E-state index is 11.9. The van der Waals surface area contributed by atoms with Crippen LogP contribution in [0.2, 0.25) is 0 Å². The Morgan fingerprint density at radius 1 is 0.913 bits per heavy atom. The highest BCUT2D eigenvalue weighted by Crippen LogP contribution is 2.10. The van der Waals surface area contributed by atoms with Crippen molar-refractivity contribution >= 4 is 11.8 Å². The summed E-state index contributed by atoms with van der Waals surface area (Å²) >= 11 is 0. The number of hydrogen-bond acceptors (Lipinski definition) is 2. The predicted octanol–water partition coefficient (Wildman–Crippen LogP) is 2.61. The zero-order valence-corrected chi connectivity index (χ0v) is 13.3. The van der Waals surface area contributed by atoms with Crippen molar-refractivity contribution in [2.24, 2.45) is 0 Å². The van der Waals surface area contributed by atoms with Gasteiger partial charge in [-0.2, -0.15) is 0 Å². The number of carbonyl (C=O) groups is 2. The molecule has 0 saturated heterocycles. The van der Waals surface area contributed by atoms with Crippen molar-refractivity contribution in [3.05, 3.63) is 71.8 Å². The molecule has 0 aliphatic heterocycles. The van der Waals surface area contributed by atoms with Gasteiger partial charge in [-0.25, -0.2) is 0 Å². The fraction of sp³-hybridized carbons (Fsp3) is 0.263. The van der Waals surface area contributed by atoms with Gasteiger partial charge < -0.3 is 10.6 Å². The molecular formula is C19H22N2O2. The quantitative estimate of drug-likeness (QED) is 0.636. The number of aryl methyl sites for hydroxylation is 1. The molecule has 2 amide bonds.